The molecule has 2 aromatic rings. The molecule has 0 amide bonds. The SMILES string of the molecule is CCC1CC(OC(=O)C(OC(=O)CCC[N+](C)(C)C)(c2ccccc2)c2ccccc2)CC(C)[N+]12CCCC2. The Morgan fingerprint density at radius 1 is 0.923 bits per heavy atom. The lowest BCUT2D eigenvalue weighted by Crippen LogP contribution is -2.63. The molecule has 0 aromatic heterocycles. The zero-order valence-electron chi connectivity index (χ0n) is 24.6. The van der Waals surface area contributed by atoms with Crippen LogP contribution in [0.2, 0.25) is 0 Å². The van der Waals surface area contributed by atoms with Crippen LogP contribution in [0.5, 0.6) is 0 Å². The van der Waals surface area contributed by atoms with E-state index in [9.17, 15) is 9.59 Å². The third-order valence-corrected chi connectivity index (χ3v) is 9.01. The molecule has 3 unspecified atom stereocenters. The molecular weight excluding hydrogens is 488 g/mol. The summed E-state index contributed by atoms with van der Waals surface area (Å²) in [6.07, 6.45) is 6.02. The van der Waals surface area contributed by atoms with E-state index >= 15 is 0 Å². The first-order valence-electron chi connectivity index (χ1n) is 14.8. The zero-order chi connectivity index (χ0) is 28.1. The van der Waals surface area contributed by atoms with Gasteiger partial charge >= 0.3 is 11.9 Å². The molecule has 6 nitrogen and oxygen atoms in total. The number of hydrogen-bond donors (Lipinski definition) is 0. The number of ether oxygens (including phenoxy) is 2. The maximum absolute atomic E-state index is 14.4. The van der Waals surface area contributed by atoms with E-state index in [4.69, 9.17) is 9.47 Å². The Morgan fingerprint density at radius 2 is 1.49 bits per heavy atom. The number of nitrogens with zero attached hydrogens (tertiary/aromatic N) is 2. The minimum absolute atomic E-state index is 0.203. The van der Waals surface area contributed by atoms with Gasteiger partial charge in [-0.25, -0.2) is 4.79 Å². The molecule has 0 radical (unpaired) electrons. The Balaban J connectivity index is 1.65. The summed E-state index contributed by atoms with van der Waals surface area (Å²) in [5.74, 6) is -0.889. The van der Waals surface area contributed by atoms with Gasteiger partial charge in [0.05, 0.1) is 59.3 Å². The maximum Gasteiger partial charge on any atom is 0.360 e. The third-order valence-electron chi connectivity index (χ3n) is 9.01. The fourth-order valence-corrected chi connectivity index (χ4v) is 6.98. The Kier molecular flexibility index (Phi) is 9.18. The third kappa shape index (κ3) is 6.38. The molecule has 2 aliphatic heterocycles. The van der Waals surface area contributed by atoms with E-state index in [-0.39, 0.29) is 12.5 Å². The molecule has 39 heavy (non-hydrogen) atoms. The van der Waals surface area contributed by atoms with Crippen LogP contribution >= 0.6 is 0 Å². The topological polar surface area (TPSA) is 52.6 Å². The van der Waals surface area contributed by atoms with Gasteiger partial charge in [-0.3, -0.25) is 4.79 Å². The van der Waals surface area contributed by atoms with Crippen molar-refractivity contribution < 1.29 is 28.0 Å². The molecule has 0 bridgehead atoms. The van der Waals surface area contributed by atoms with Crippen LogP contribution in [0.4, 0.5) is 0 Å². The normalized spacial score (nSPS) is 22.9. The molecule has 0 aliphatic carbocycles. The van der Waals surface area contributed by atoms with Gasteiger partial charge in [0.25, 0.3) is 5.60 Å². The monoisotopic (exact) mass is 536 g/mol. The van der Waals surface area contributed by atoms with Crippen LogP contribution in [-0.4, -0.2) is 79.9 Å². The number of hydrogen-bond acceptors (Lipinski definition) is 4. The summed E-state index contributed by atoms with van der Waals surface area (Å²) >= 11 is 0. The standard InChI is InChI=1S/C33H48N2O4/c1-6-29-25-30(24-26(2)35(29)22-13-14-23-35)38-32(37)33(27-16-9-7-10-17-27,28-18-11-8-12-19-28)39-31(36)20-15-21-34(3,4)5/h7-12,16-19,26,29-30H,6,13-15,20-25H2,1-5H3/q+2. The molecule has 0 saturated carbocycles. The minimum Gasteiger partial charge on any atom is -0.458 e. The van der Waals surface area contributed by atoms with Crippen molar-refractivity contribution in [1.82, 2.24) is 0 Å². The Morgan fingerprint density at radius 3 is 2.00 bits per heavy atom. The van der Waals surface area contributed by atoms with Crippen molar-refractivity contribution in [3.63, 3.8) is 0 Å². The molecule has 3 atom stereocenters. The van der Waals surface area contributed by atoms with Gasteiger partial charge in [0.15, 0.2) is 0 Å². The van der Waals surface area contributed by atoms with E-state index in [2.05, 4.69) is 35.0 Å². The summed E-state index contributed by atoms with van der Waals surface area (Å²) in [6, 6.07) is 19.7. The van der Waals surface area contributed by atoms with E-state index in [1.807, 2.05) is 60.7 Å². The number of benzene rings is 2. The quantitative estimate of drug-likeness (QED) is 0.300. The number of carbonyl (C=O) groups is 2. The van der Waals surface area contributed by atoms with Crippen LogP contribution in [0.1, 0.15) is 69.9 Å². The van der Waals surface area contributed by atoms with Gasteiger partial charge < -0.3 is 18.4 Å². The molecule has 2 heterocycles. The molecule has 212 valence electrons. The summed E-state index contributed by atoms with van der Waals surface area (Å²) in [4.78, 5) is 27.8. The summed E-state index contributed by atoms with van der Waals surface area (Å²) in [5.41, 5.74) is -0.432. The number of carbonyl (C=O) groups excluding carboxylic acids is 2. The zero-order valence-corrected chi connectivity index (χ0v) is 24.6. The summed E-state index contributed by atoms with van der Waals surface area (Å²) in [7, 11) is 6.30. The average Bonchev–Trinajstić information content (AvgIpc) is 3.40. The predicted octanol–water partition coefficient (Wildman–Crippen LogP) is 5.44. The van der Waals surface area contributed by atoms with Crippen LogP contribution in [0.25, 0.3) is 0 Å². The fraction of sp³-hybridized carbons (Fsp3) is 0.576. The van der Waals surface area contributed by atoms with E-state index in [1.54, 1.807) is 0 Å². The molecule has 6 heteroatoms. The summed E-state index contributed by atoms with van der Waals surface area (Å²) in [6.45, 7) is 7.87. The van der Waals surface area contributed by atoms with Crippen molar-refractivity contribution >= 4 is 11.9 Å². The molecule has 4 rings (SSSR count). The van der Waals surface area contributed by atoms with Crippen molar-refractivity contribution in [2.75, 3.05) is 40.8 Å². The highest BCUT2D eigenvalue weighted by molar-refractivity contribution is 5.89. The largest absolute Gasteiger partial charge is 0.458 e. The van der Waals surface area contributed by atoms with Crippen LogP contribution in [0, 0.1) is 0 Å². The highest BCUT2D eigenvalue weighted by Gasteiger charge is 2.52. The number of esters is 2. The molecule has 0 N–H and O–H groups in total. The minimum atomic E-state index is -1.65. The van der Waals surface area contributed by atoms with Gasteiger partial charge in [-0.15, -0.1) is 0 Å². The van der Waals surface area contributed by atoms with E-state index < -0.39 is 17.5 Å². The van der Waals surface area contributed by atoms with E-state index in [0.29, 0.717) is 29.6 Å². The number of quaternary nitrogens is 2. The van der Waals surface area contributed by atoms with Crippen LogP contribution in [0.15, 0.2) is 60.7 Å². The van der Waals surface area contributed by atoms with Gasteiger partial charge in [-0.2, -0.15) is 0 Å². The average molecular weight is 537 g/mol. The molecule has 2 aliphatic rings. The van der Waals surface area contributed by atoms with Crippen molar-refractivity contribution in [1.29, 1.82) is 0 Å². The van der Waals surface area contributed by atoms with Crippen LogP contribution in [-0.2, 0) is 24.7 Å². The first kappa shape index (κ1) is 29.3. The first-order chi connectivity index (χ1) is 18.6. The number of rotatable bonds is 10. The maximum atomic E-state index is 14.4. The van der Waals surface area contributed by atoms with Crippen molar-refractivity contribution in [3.05, 3.63) is 71.8 Å². The highest BCUT2D eigenvalue weighted by atomic mass is 16.6. The second-order valence-corrected chi connectivity index (χ2v) is 12.7. The van der Waals surface area contributed by atoms with Gasteiger partial charge in [-0.05, 0) is 13.3 Å². The molecule has 2 fully saturated rings. The number of piperidine rings is 1. The fourth-order valence-electron chi connectivity index (χ4n) is 6.98. The lowest BCUT2D eigenvalue weighted by molar-refractivity contribution is -0.967. The van der Waals surface area contributed by atoms with Crippen molar-refractivity contribution in [2.45, 2.75) is 82.6 Å². The smallest absolute Gasteiger partial charge is 0.360 e. The van der Waals surface area contributed by atoms with Crippen molar-refractivity contribution in [2.24, 2.45) is 0 Å². The Bertz CT molecular complexity index is 1050. The summed E-state index contributed by atoms with van der Waals surface area (Å²) in [5, 5.41) is 0. The van der Waals surface area contributed by atoms with E-state index in [0.717, 1.165) is 34.8 Å². The Labute approximate surface area is 235 Å². The molecule has 2 saturated heterocycles. The van der Waals surface area contributed by atoms with Gasteiger partial charge in [0, 0.05) is 43.2 Å². The lowest BCUT2D eigenvalue weighted by atomic mass is 9.85. The van der Waals surface area contributed by atoms with Crippen LogP contribution < -0.4 is 0 Å². The van der Waals surface area contributed by atoms with Crippen LogP contribution in [0.3, 0.4) is 0 Å². The van der Waals surface area contributed by atoms with Gasteiger partial charge in [-0.1, -0.05) is 67.6 Å². The second-order valence-electron chi connectivity index (χ2n) is 12.7. The summed E-state index contributed by atoms with van der Waals surface area (Å²) < 4.78 is 14.6. The highest BCUT2D eigenvalue weighted by Crippen LogP contribution is 2.41. The Hall–Kier alpha value is -2.70. The van der Waals surface area contributed by atoms with Crippen molar-refractivity contribution in [3.8, 4) is 0 Å². The predicted molar refractivity (Wildman–Crippen MR) is 154 cm³/mol. The van der Waals surface area contributed by atoms with Gasteiger partial charge in [0.1, 0.15) is 6.10 Å². The first-order valence-corrected chi connectivity index (χ1v) is 14.8. The van der Waals surface area contributed by atoms with Gasteiger partial charge in [0.2, 0.25) is 0 Å². The molecular formula is C33H48N2O4+2. The van der Waals surface area contributed by atoms with E-state index in [1.165, 1.54) is 25.9 Å². The molecule has 1 spiro atoms. The lowest BCUT2D eigenvalue weighted by Gasteiger charge is -2.51. The second kappa shape index (κ2) is 12.2. The molecule has 2 aromatic carbocycles.